The molecule has 0 radical (unpaired) electrons. The molecular formula is C15H13N3O. The van der Waals surface area contributed by atoms with Crippen LogP contribution < -0.4 is 0 Å². The summed E-state index contributed by atoms with van der Waals surface area (Å²) in [6.07, 6.45) is 4.51. The molecule has 0 saturated carbocycles. The Bertz CT molecular complexity index is 661. The molecule has 0 aromatic carbocycles. The summed E-state index contributed by atoms with van der Waals surface area (Å²) in [5, 5.41) is 8.71. The van der Waals surface area contributed by atoms with E-state index in [4.69, 9.17) is 16.3 Å². The minimum atomic E-state index is 0.0184. The summed E-state index contributed by atoms with van der Waals surface area (Å²) in [4.78, 5) is 3.11. The summed E-state index contributed by atoms with van der Waals surface area (Å²) in [7, 11) is 0. The van der Waals surface area contributed by atoms with Gasteiger partial charge in [-0.05, 0) is 36.8 Å². The largest absolute Gasteiger partial charge is 0.456 e. The Kier molecular flexibility index (Phi) is 3.85. The van der Waals surface area contributed by atoms with Crippen molar-refractivity contribution in [3.8, 4) is 17.5 Å². The number of furan rings is 1. The van der Waals surface area contributed by atoms with Crippen molar-refractivity contribution in [2.45, 2.75) is 19.9 Å². The van der Waals surface area contributed by atoms with Gasteiger partial charge in [-0.2, -0.15) is 0 Å². The Morgan fingerprint density at radius 3 is 3.05 bits per heavy atom. The van der Waals surface area contributed by atoms with Gasteiger partial charge in [-0.3, -0.25) is 0 Å². The number of nitrogens with zero attached hydrogens (tertiary/aromatic N) is 3. The number of nitriles is 1. The standard InChI is InChI=1S/C15H13N3O/c1-3-8-18-9-4-5-14(18)15-7-6-13(19-15)10-12(11-16)17-2/h4-7,9-10H,3,8H2,1H3/b12-10+. The fourth-order valence-corrected chi connectivity index (χ4v) is 1.87. The number of aromatic nitrogens is 1. The van der Waals surface area contributed by atoms with Gasteiger partial charge in [-0.15, -0.1) is 0 Å². The van der Waals surface area contributed by atoms with Crippen LogP contribution in [0.5, 0.6) is 0 Å². The van der Waals surface area contributed by atoms with Crippen molar-refractivity contribution >= 4 is 6.08 Å². The Hall–Kier alpha value is -2.72. The van der Waals surface area contributed by atoms with Crippen molar-refractivity contribution in [1.82, 2.24) is 4.57 Å². The number of hydrogen-bond donors (Lipinski definition) is 0. The van der Waals surface area contributed by atoms with E-state index in [1.54, 1.807) is 6.07 Å². The molecule has 4 heteroatoms. The molecule has 0 amide bonds. The molecule has 0 fully saturated rings. The van der Waals surface area contributed by atoms with Crippen LogP contribution in [0.4, 0.5) is 0 Å². The molecule has 2 aromatic rings. The first-order valence-corrected chi connectivity index (χ1v) is 6.03. The molecular weight excluding hydrogens is 238 g/mol. The topological polar surface area (TPSA) is 46.2 Å². The zero-order chi connectivity index (χ0) is 13.7. The monoisotopic (exact) mass is 251 g/mol. The highest BCUT2D eigenvalue weighted by atomic mass is 16.3. The molecule has 0 aliphatic rings. The van der Waals surface area contributed by atoms with E-state index < -0.39 is 0 Å². The van der Waals surface area contributed by atoms with E-state index in [2.05, 4.69) is 16.3 Å². The van der Waals surface area contributed by atoms with E-state index in [0.29, 0.717) is 5.76 Å². The van der Waals surface area contributed by atoms with Crippen molar-refractivity contribution in [1.29, 1.82) is 5.26 Å². The van der Waals surface area contributed by atoms with E-state index in [1.807, 2.05) is 30.5 Å². The van der Waals surface area contributed by atoms with Gasteiger partial charge in [0, 0.05) is 12.7 Å². The molecule has 0 aliphatic carbocycles. The fraction of sp³-hybridized carbons (Fsp3) is 0.200. The van der Waals surface area contributed by atoms with Crippen LogP contribution in [0.3, 0.4) is 0 Å². The van der Waals surface area contributed by atoms with E-state index in [1.165, 1.54) is 6.08 Å². The predicted octanol–water partition coefficient (Wildman–Crippen LogP) is 3.94. The molecule has 4 nitrogen and oxygen atoms in total. The first-order valence-electron chi connectivity index (χ1n) is 6.03. The van der Waals surface area contributed by atoms with Gasteiger partial charge < -0.3 is 8.98 Å². The van der Waals surface area contributed by atoms with Crippen LogP contribution >= 0.6 is 0 Å². The van der Waals surface area contributed by atoms with Crippen LogP contribution in [-0.2, 0) is 6.54 Å². The Morgan fingerprint density at radius 1 is 1.53 bits per heavy atom. The van der Waals surface area contributed by atoms with Gasteiger partial charge in [-0.25, -0.2) is 10.1 Å². The smallest absolute Gasteiger partial charge is 0.265 e. The van der Waals surface area contributed by atoms with Crippen molar-refractivity contribution in [3.63, 3.8) is 0 Å². The maximum atomic E-state index is 8.71. The van der Waals surface area contributed by atoms with Gasteiger partial charge in [-0.1, -0.05) is 6.92 Å². The molecule has 0 bridgehead atoms. The lowest BCUT2D eigenvalue weighted by Gasteiger charge is -2.04. The van der Waals surface area contributed by atoms with Gasteiger partial charge in [0.2, 0.25) is 0 Å². The molecule has 2 rings (SSSR count). The number of aryl methyl sites for hydroxylation is 1. The van der Waals surface area contributed by atoms with E-state index in [-0.39, 0.29) is 5.70 Å². The zero-order valence-corrected chi connectivity index (χ0v) is 10.6. The van der Waals surface area contributed by atoms with Gasteiger partial charge in [0.15, 0.2) is 5.76 Å². The van der Waals surface area contributed by atoms with Gasteiger partial charge in [0.1, 0.15) is 5.76 Å². The van der Waals surface area contributed by atoms with Crippen molar-refractivity contribution in [2.24, 2.45) is 0 Å². The fourth-order valence-electron chi connectivity index (χ4n) is 1.87. The van der Waals surface area contributed by atoms with Gasteiger partial charge in [0.25, 0.3) is 5.70 Å². The Labute approximate surface area is 112 Å². The molecule has 0 unspecified atom stereocenters. The molecule has 0 atom stereocenters. The molecule has 0 spiro atoms. The quantitative estimate of drug-likeness (QED) is 0.610. The highest BCUT2D eigenvalue weighted by Crippen LogP contribution is 2.24. The van der Waals surface area contributed by atoms with Crippen LogP contribution in [0.2, 0.25) is 0 Å². The minimum absolute atomic E-state index is 0.0184. The van der Waals surface area contributed by atoms with Crippen molar-refractivity contribution < 1.29 is 4.42 Å². The maximum absolute atomic E-state index is 8.71. The second kappa shape index (κ2) is 5.75. The second-order valence-electron chi connectivity index (χ2n) is 4.04. The molecule has 0 aliphatic heterocycles. The molecule has 0 N–H and O–H groups in total. The normalized spacial score (nSPS) is 11.0. The number of rotatable bonds is 4. The van der Waals surface area contributed by atoms with E-state index in [0.717, 1.165) is 24.4 Å². The van der Waals surface area contributed by atoms with Crippen molar-refractivity contribution in [3.05, 3.63) is 53.3 Å². The average Bonchev–Trinajstić information content (AvgIpc) is 3.05. The molecule has 19 heavy (non-hydrogen) atoms. The molecule has 2 aromatic heterocycles. The highest BCUT2D eigenvalue weighted by Gasteiger charge is 2.08. The third-order valence-electron chi connectivity index (χ3n) is 2.69. The summed E-state index contributed by atoms with van der Waals surface area (Å²) in [5.41, 5.74) is 1.02. The van der Waals surface area contributed by atoms with Crippen LogP contribution in [-0.4, -0.2) is 4.57 Å². The van der Waals surface area contributed by atoms with E-state index in [9.17, 15) is 0 Å². The van der Waals surface area contributed by atoms with Crippen molar-refractivity contribution in [2.75, 3.05) is 0 Å². The van der Waals surface area contributed by atoms with Crippen LogP contribution in [0.15, 0.2) is 40.6 Å². The summed E-state index contributed by atoms with van der Waals surface area (Å²) < 4.78 is 7.77. The number of hydrogen-bond acceptors (Lipinski definition) is 2. The first kappa shape index (κ1) is 12.7. The summed E-state index contributed by atoms with van der Waals surface area (Å²) in [6.45, 7) is 9.88. The first-order chi connectivity index (χ1) is 9.28. The van der Waals surface area contributed by atoms with Gasteiger partial charge in [0.05, 0.1) is 18.3 Å². The molecule has 0 saturated heterocycles. The van der Waals surface area contributed by atoms with Crippen LogP contribution in [0, 0.1) is 17.9 Å². The van der Waals surface area contributed by atoms with Crippen LogP contribution in [0.25, 0.3) is 22.4 Å². The lowest BCUT2D eigenvalue weighted by atomic mass is 10.3. The van der Waals surface area contributed by atoms with E-state index >= 15 is 0 Å². The average molecular weight is 251 g/mol. The lowest BCUT2D eigenvalue weighted by Crippen LogP contribution is -1.96. The Morgan fingerprint density at radius 2 is 2.37 bits per heavy atom. The minimum Gasteiger partial charge on any atom is -0.456 e. The summed E-state index contributed by atoms with van der Waals surface area (Å²) >= 11 is 0. The number of allylic oxidation sites excluding steroid dienone is 1. The summed E-state index contributed by atoms with van der Waals surface area (Å²) in [5.74, 6) is 1.26. The second-order valence-corrected chi connectivity index (χ2v) is 4.04. The van der Waals surface area contributed by atoms with Gasteiger partial charge >= 0.3 is 0 Å². The maximum Gasteiger partial charge on any atom is 0.265 e. The zero-order valence-electron chi connectivity index (χ0n) is 10.6. The lowest BCUT2D eigenvalue weighted by molar-refractivity contribution is 0.560. The highest BCUT2D eigenvalue weighted by molar-refractivity contribution is 5.60. The van der Waals surface area contributed by atoms with Crippen LogP contribution in [0.1, 0.15) is 19.1 Å². The molecule has 2 heterocycles. The summed E-state index contributed by atoms with van der Waals surface area (Å²) in [6, 6.07) is 9.40. The third kappa shape index (κ3) is 2.75. The molecule has 94 valence electrons. The third-order valence-corrected chi connectivity index (χ3v) is 2.69. The predicted molar refractivity (Wildman–Crippen MR) is 72.6 cm³/mol. The Balaban J connectivity index is 2.32. The SMILES string of the molecule is [C-]#[N+]/C(C#N)=C/c1ccc(-c2cccn2CCC)o1.